The van der Waals surface area contributed by atoms with Crippen LogP contribution in [0.25, 0.3) is 0 Å². The Morgan fingerprint density at radius 1 is 0.850 bits per heavy atom. The Bertz CT molecular complexity index is 1080. The molecule has 0 saturated carbocycles. The van der Waals surface area contributed by atoms with E-state index in [0.29, 0.717) is 10.6 Å². The zero-order valence-electron chi connectivity index (χ0n) is 23.6. The molecular weight excluding hydrogens is 580 g/mol. The van der Waals surface area contributed by atoms with Crippen LogP contribution in [-0.2, 0) is 30.3 Å². The van der Waals surface area contributed by atoms with Gasteiger partial charge in [0.1, 0.15) is 23.7 Å². The van der Waals surface area contributed by atoms with Crippen LogP contribution in [0.3, 0.4) is 0 Å². The predicted molar refractivity (Wildman–Crippen MR) is 159 cm³/mol. The molecular formula is C26H39ClN4O7S2. The van der Waals surface area contributed by atoms with Crippen molar-refractivity contribution < 1.29 is 33.8 Å². The molecule has 0 unspecified atom stereocenters. The van der Waals surface area contributed by atoms with Crippen molar-refractivity contribution in [1.82, 2.24) is 21.3 Å². The van der Waals surface area contributed by atoms with E-state index >= 15 is 0 Å². The molecule has 11 nitrogen and oxygen atoms in total. The van der Waals surface area contributed by atoms with Gasteiger partial charge in [0.15, 0.2) is 0 Å². The van der Waals surface area contributed by atoms with Crippen molar-refractivity contribution in [3.05, 3.63) is 34.9 Å². The van der Waals surface area contributed by atoms with Crippen molar-refractivity contribution in [2.24, 2.45) is 0 Å². The Morgan fingerprint density at radius 2 is 1.38 bits per heavy atom. The third-order valence-electron chi connectivity index (χ3n) is 5.30. The predicted octanol–water partition coefficient (Wildman–Crippen LogP) is 2.36. The number of nitrogens with one attached hydrogen (secondary N) is 4. The van der Waals surface area contributed by atoms with Crippen LogP contribution in [0.2, 0.25) is 5.02 Å². The SMILES string of the molecule is CC(C)(C)OC(=O)N[C@@H](C(=O)NCC(=O)N[C@@H](Cc1ccc(Cl)cc1)C(=O)N[C@@H](C(=O)O)C(C)(C)S)C(C)(C)S. The van der Waals surface area contributed by atoms with Gasteiger partial charge in [-0.15, -0.1) is 0 Å². The number of aliphatic carboxylic acids is 1. The molecule has 0 aliphatic rings. The number of rotatable bonds is 12. The van der Waals surface area contributed by atoms with Crippen molar-refractivity contribution in [2.45, 2.75) is 88.1 Å². The van der Waals surface area contributed by atoms with E-state index in [2.05, 4.69) is 46.5 Å². The number of carboxylic acids is 1. The second-order valence-corrected chi connectivity index (χ2v) is 14.1. The minimum Gasteiger partial charge on any atom is -0.480 e. The maximum atomic E-state index is 13.1. The molecule has 1 aromatic rings. The lowest BCUT2D eigenvalue weighted by molar-refractivity contribution is -0.143. The van der Waals surface area contributed by atoms with Crippen LogP contribution in [0.15, 0.2) is 24.3 Å². The van der Waals surface area contributed by atoms with E-state index in [1.165, 1.54) is 13.8 Å². The molecule has 0 saturated heterocycles. The molecule has 0 heterocycles. The fraction of sp³-hybridized carbons (Fsp3) is 0.577. The third kappa shape index (κ3) is 12.7. The summed E-state index contributed by atoms with van der Waals surface area (Å²) < 4.78 is 3.07. The van der Waals surface area contributed by atoms with Gasteiger partial charge in [-0.3, -0.25) is 14.4 Å². The number of alkyl carbamates (subject to hydrolysis) is 1. The molecule has 5 N–H and O–H groups in total. The van der Waals surface area contributed by atoms with Crippen molar-refractivity contribution in [1.29, 1.82) is 0 Å². The van der Waals surface area contributed by atoms with Crippen LogP contribution in [0, 0.1) is 0 Å². The number of carbonyl (C=O) groups is 5. The number of ether oxygens (including phenoxy) is 1. The van der Waals surface area contributed by atoms with E-state index in [1.54, 1.807) is 58.9 Å². The van der Waals surface area contributed by atoms with Crippen molar-refractivity contribution >= 4 is 66.6 Å². The van der Waals surface area contributed by atoms with Crippen molar-refractivity contribution in [2.75, 3.05) is 6.54 Å². The topological polar surface area (TPSA) is 163 Å². The van der Waals surface area contributed by atoms with Gasteiger partial charge in [0.2, 0.25) is 17.7 Å². The zero-order chi connectivity index (χ0) is 31.1. The molecule has 224 valence electrons. The molecule has 40 heavy (non-hydrogen) atoms. The highest BCUT2D eigenvalue weighted by molar-refractivity contribution is 7.82. The molecule has 0 aliphatic carbocycles. The van der Waals surface area contributed by atoms with Crippen LogP contribution in [0.5, 0.6) is 0 Å². The van der Waals surface area contributed by atoms with E-state index in [4.69, 9.17) is 16.3 Å². The number of halogens is 1. The fourth-order valence-electron chi connectivity index (χ4n) is 3.35. The van der Waals surface area contributed by atoms with Gasteiger partial charge in [0.25, 0.3) is 0 Å². The number of amides is 4. The van der Waals surface area contributed by atoms with Gasteiger partial charge in [-0.05, 0) is 66.2 Å². The Labute approximate surface area is 250 Å². The van der Waals surface area contributed by atoms with Gasteiger partial charge >= 0.3 is 12.1 Å². The van der Waals surface area contributed by atoms with E-state index in [0.717, 1.165) is 0 Å². The number of hydrogen-bond donors (Lipinski definition) is 7. The maximum Gasteiger partial charge on any atom is 0.408 e. The first kappa shape index (κ1) is 35.4. The van der Waals surface area contributed by atoms with Gasteiger partial charge in [0.05, 0.1) is 6.54 Å². The van der Waals surface area contributed by atoms with E-state index < -0.39 is 69.5 Å². The average Bonchev–Trinajstić information content (AvgIpc) is 2.77. The minimum absolute atomic E-state index is 0.00846. The molecule has 0 aliphatic heterocycles. The largest absolute Gasteiger partial charge is 0.480 e. The number of benzene rings is 1. The summed E-state index contributed by atoms with van der Waals surface area (Å²) in [7, 11) is 0. The van der Waals surface area contributed by atoms with Gasteiger partial charge in [-0.25, -0.2) is 9.59 Å². The van der Waals surface area contributed by atoms with E-state index in [-0.39, 0.29) is 6.42 Å². The zero-order valence-corrected chi connectivity index (χ0v) is 26.2. The summed E-state index contributed by atoms with van der Waals surface area (Å²) in [6.07, 6.45) is -0.826. The van der Waals surface area contributed by atoms with Crippen molar-refractivity contribution in [3.63, 3.8) is 0 Å². The Kier molecular flexibility index (Phi) is 12.7. The van der Waals surface area contributed by atoms with E-state index in [1.807, 2.05) is 0 Å². The summed E-state index contributed by atoms with van der Waals surface area (Å²) in [5.41, 5.74) is -0.155. The molecule has 3 atom stereocenters. The molecule has 1 rings (SSSR count). The average molecular weight is 619 g/mol. The number of thiol groups is 2. The van der Waals surface area contributed by atoms with Gasteiger partial charge < -0.3 is 31.1 Å². The Morgan fingerprint density at radius 3 is 1.82 bits per heavy atom. The lowest BCUT2D eigenvalue weighted by atomic mass is 10.0. The first-order chi connectivity index (χ1) is 18.1. The normalized spacial score (nSPS) is 14.2. The smallest absolute Gasteiger partial charge is 0.408 e. The molecule has 0 bridgehead atoms. The standard InChI is InChI=1S/C26H39ClN4O7S2/c1-24(2,3)38-23(37)31-18(25(4,5)39)21(34)28-13-17(32)29-16(12-14-8-10-15(27)11-9-14)20(33)30-19(22(35)36)26(6,7)40/h8-11,16,18-19,39-40H,12-13H2,1-7H3,(H,28,34)(H,29,32)(H,30,33)(H,31,37)(H,35,36)/t16-,18-,19-/m0/s1. The highest BCUT2D eigenvalue weighted by atomic mass is 35.5. The Balaban J connectivity index is 3.02. The summed E-state index contributed by atoms with van der Waals surface area (Å²) in [6, 6.07) is 2.83. The molecule has 1 aromatic carbocycles. The molecule has 4 amide bonds. The number of carboxylic acid groups (broad SMARTS) is 1. The van der Waals surface area contributed by atoms with E-state index in [9.17, 15) is 29.1 Å². The summed E-state index contributed by atoms with van der Waals surface area (Å²) in [6.45, 7) is 10.7. The number of carbonyl (C=O) groups excluding carboxylic acids is 4. The summed E-state index contributed by atoms with van der Waals surface area (Å²) in [4.78, 5) is 62.8. The second-order valence-electron chi connectivity index (χ2n) is 11.3. The first-order valence-corrected chi connectivity index (χ1v) is 13.7. The molecule has 0 aromatic heterocycles. The second kappa shape index (κ2) is 14.3. The van der Waals surface area contributed by atoms with Crippen LogP contribution < -0.4 is 21.3 Å². The van der Waals surface area contributed by atoms with Gasteiger partial charge in [-0.2, -0.15) is 25.3 Å². The maximum absolute atomic E-state index is 13.1. The third-order valence-corrected chi connectivity index (χ3v) is 6.07. The lowest BCUT2D eigenvalue weighted by Crippen LogP contribution is -2.59. The lowest BCUT2D eigenvalue weighted by Gasteiger charge is -2.30. The minimum atomic E-state index is -1.36. The monoisotopic (exact) mass is 618 g/mol. The van der Waals surface area contributed by atoms with Crippen LogP contribution in [0.4, 0.5) is 4.79 Å². The van der Waals surface area contributed by atoms with Crippen LogP contribution >= 0.6 is 36.9 Å². The fourth-order valence-corrected chi connectivity index (χ4v) is 3.83. The molecule has 0 fully saturated rings. The van der Waals surface area contributed by atoms with Gasteiger partial charge in [-0.1, -0.05) is 23.7 Å². The molecule has 0 spiro atoms. The van der Waals surface area contributed by atoms with Gasteiger partial charge in [0, 0.05) is 20.9 Å². The Hall–Kier alpha value is -2.64. The quantitative estimate of drug-likeness (QED) is 0.177. The summed E-state index contributed by atoms with van der Waals surface area (Å²) >= 11 is 14.6. The molecule has 0 radical (unpaired) electrons. The van der Waals surface area contributed by atoms with Crippen molar-refractivity contribution in [3.8, 4) is 0 Å². The van der Waals surface area contributed by atoms with Crippen LogP contribution in [-0.4, -0.2) is 74.7 Å². The highest BCUT2D eigenvalue weighted by Gasteiger charge is 2.37. The summed E-state index contributed by atoms with van der Waals surface area (Å²) in [5.74, 6) is -3.49. The van der Waals surface area contributed by atoms with Crippen LogP contribution in [0.1, 0.15) is 54.0 Å². The molecule has 14 heteroatoms. The highest BCUT2D eigenvalue weighted by Crippen LogP contribution is 2.20. The first-order valence-electron chi connectivity index (χ1n) is 12.4. The number of hydrogen-bond acceptors (Lipinski definition) is 8. The summed E-state index contributed by atoms with van der Waals surface area (Å²) in [5, 5.41) is 19.9.